The fourth-order valence-corrected chi connectivity index (χ4v) is 4.16. The van der Waals surface area contributed by atoms with Crippen LogP contribution in [0.3, 0.4) is 0 Å². The number of hydrogen-bond acceptors (Lipinski definition) is 3. The van der Waals surface area contributed by atoms with E-state index in [2.05, 4.69) is 6.92 Å². The zero-order chi connectivity index (χ0) is 18.0. The largest absolute Gasteiger partial charge is 0.483 e. The van der Waals surface area contributed by atoms with Gasteiger partial charge in [-0.1, -0.05) is 56.9 Å². The molecule has 0 bridgehead atoms. The first-order valence-electron chi connectivity index (χ1n) is 9.56. The zero-order valence-electron chi connectivity index (χ0n) is 15.6. The van der Waals surface area contributed by atoms with Gasteiger partial charge in [-0.05, 0) is 39.0 Å². The summed E-state index contributed by atoms with van der Waals surface area (Å²) in [6, 6.07) is 7.15. The van der Waals surface area contributed by atoms with Crippen molar-refractivity contribution in [3.8, 4) is 0 Å². The van der Waals surface area contributed by atoms with Crippen LogP contribution in [0.2, 0.25) is 0 Å². The van der Waals surface area contributed by atoms with E-state index < -0.39 is 5.60 Å². The number of allylic oxidation sites excluding steroid dienone is 2. The second-order valence-electron chi connectivity index (χ2n) is 7.89. The summed E-state index contributed by atoms with van der Waals surface area (Å²) in [7, 11) is 0. The first kappa shape index (κ1) is 17.9. The average molecular weight is 340 g/mol. The third-order valence-corrected chi connectivity index (χ3v) is 5.36. The van der Waals surface area contributed by atoms with E-state index in [1.807, 2.05) is 26.0 Å². The van der Waals surface area contributed by atoms with E-state index in [1.54, 1.807) is 12.1 Å². The highest BCUT2D eigenvalue weighted by molar-refractivity contribution is 6.26. The fraction of sp³-hybridized carbons (Fsp3) is 0.545. The SMILES string of the molecule is CCCC(C)(C)OC1=C(C2CCCCC2)C(=O)c2ccccc2C1=O. The van der Waals surface area contributed by atoms with Crippen molar-refractivity contribution < 1.29 is 14.3 Å². The molecule has 2 aliphatic rings. The van der Waals surface area contributed by atoms with Gasteiger partial charge in [0.15, 0.2) is 11.5 Å². The summed E-state index contributed by atoms with van der Waals surface area (Å²) in [5.74, 6) is 0.324. The minimum Gasteiger partial charge on any atom is -0.483 e. The first-order valence-corrected chi connectivity index (χ1v) is 9.56. The Balaban J connectivity index is 2.08. The van der Waals surface area contributed by atoms with E-state index in [-0.39, 0.29) is 17.5 Å². The molecule has 134 valence electrons. The van der Waals surface area contributed by atoms with E-state index in [0.717, 1.165) is 38.5 Å². The fourth-order valence-electron chi connectivity index (χ4n) is 4.16. The van der Waals surface area contributed by atoms with Crippen molar-refractivity contribution in [2.75, 3.05) is 0 Å². The zero-order valence-corrected chi connectivity index (χ0v) is 15.6. The molecular weight excluding hydrogens is 312 g/mol. The molecule has 0 atom stereocenters. The van der Waals surface area contributed by atoms with E-state index in [4.69, 9.17) is 4.74 Å². The molecule has 0 spiro atoms. The first-order chi connectivity index (χ1) is 11.9. The molecule has 0 heterocycles. The molecule has 0 aliphatic heterocycles. The summed E-state index contributed by atoms with van der Waals surface area (Å²) in [6.07, 6.45) is 7.19. The lowest BCUT2D eigenvalue weighted by atomic mass is 9.76. The maximum atomic E-state index is 13.2. The number of fused-ring (bicyclic) bond motifs is 1. The number of benzene rings is 1. The Bertz CT molecular complexity index is 706. The van der Waals surface area contributed by atoms with Crippen LogP contribution in [0.1, 0.15) is 86.4 Å². The van der Waals surface area contributed by atoms with Gasteiger partial charge in [0.25, 0.3) is 0 Å². The maximum Gasteiger partial charge on any atom is 0.228 e. The molecule has 0 saturated heterocycles. The summed E-state index contributed by atoms with van der Waals surface area (Å²) < 4.78 is 6.23. The standard InChI is InChI=1S/C22H28O3/c1-4-14-22(2,3)25-21-18(15-10-6-5-7-11-15)19(23)16-12-8-9-13-17(16)20(21)24/h8-9,12-13,15H,4-7,10-11,14H2,1-3H3. The minimum absolute atomic E-state index is 0.00982. The van der Waals surface area contributed by atoms with Gasteiger partial charge in [-0.3, -0.25) is 9.59 Å². The summed E-state index contributed by atoms with van der Waals surface area (Å²) >= 11 is 0. The van der Waals surface area contributed by atoms with Crippen LogP contribution in [0, 0.1) is 5.92 Å². The lowest BCUT2D eigenvalue weighted by Gasteiger charge is -2.33. The van der Waals surface area contributed by atoms with Gasteiger partial charge in [0.2, 0.25) is 5.78 Å². The summed E-state index contributed by atoms with van der Waals surface area (Å²) in [6.45, 7) is 6.10. The summed E-state index contributed by atoms with van der Waals surface area (Å²) in [5, 5.41) is 0. The number of hydrogen-bond donors (Lipinski definition) is 0. The maximum absolute atomic E-state index is 13.2. The smallest absolute Gasteiger partial charge is 0.228 e. The number of carbonyl (C=O) groups is 2. The van der Waals surface area contributed by atoms with Crippen LogP contribution in [0.15, 0.2) is 35.6 Å². The van der Waals surface area contributed by atoms with Gasteiger partial charge in [0, 0.05) is 16.7 Å². The number of carbonyl (C=O) groups excluding carboxylic acids is 2. The average Bonchev–Trinajstić information content (AvgIpc) is 2.60. The molecule has 25 heavy (non-hydrogen) atoms. The number of ether oxygens (including phenoxy) is 1. The van der Waals surface area contributed by atoms with Crippen LogP contribution in [-0.2, 0) is 4.74 Å². The minimum atomic E-state index is -0.452. The number of rotatable bonds is 5. The van der Waals surface area contributed by atoms with E-state index in [0.29, 0.717) is 22.5 Å². The molecular formula is C22H28O3. The molecule has 0 unspecified atom stereocenters. The van der Waals surface area contributed by atoms with Crippen LogP contribution < -0.4 is 0 Å². The molecule has 0 amide bonds. The molecule has 3 rings (SSSR count). The molecule has 3 heteroatoms. The van der Waals surface area contributed by atoms with Gasteiger partial charge in [0.05, 0.1) is 0 Å². The van der Waals surface area contributed by atoms with Crippen molar-refractivity contribution in [3.63, 3.8) is 0 Å². The second kappa shape index (κ2) is 7.15. The van der Waals surface area contributed by atoms with Crippen molar-refractivity contribution in [3.05, 3.63) is 46.7 Å². The lowest BCUT2D eigenvalue weighted by molar-refractivity contribution is 0.0197. The molecule has 3 nitrogen and oxygen atoms in total. The Kier molecular flexibility index (Phi) is 5.12. The molecule has 0 radical (unpaired) electrons. The molecule has 1 fully saturated rings. The molecule has 0 N–H and O–H groups in total. The van der Waals surface area contributed by atoms with Crippen molar-refractivity contribution in [1.82, 2.24) is 0 Å². The predicted octanol–water partition coefficient (Wildman–Crippen LogP) is 5.50. The molecule has 0 aromatic heterocycles. The third-order valence-electron chi connectivity index (χ3n) is 5.36. The summed E-state index contributed by atoms with van der Waals surface area (Å²) in [4.78, 5) is 26.4. The van der Waals surface area contributed by atoms with Crippen molar-refractivity contribution in [2.45, 2.75) is 71.3 Å². The lowest BCUT2D eigenvalue weighted by Crippen LogP contribution is -2.33. The highest BCUT2D eigenvalue weighted by atomic mass is 16.5. The number of ketones is 2. The van der Waals surface area contributed by atoms with Gasteiger partial charge in [-0.25, -0.2) is 0 Å². The second-order valence-corrected chi connectivity index (χ2v) is 7.89. The van der Waals surface area contributed by atoms with E-state index in [1.165, 1.54) is 6.42 Å². The van der Waals surface area contributed by atoms with Crippen molar-refractivity contribution >= 4 is 11.6 Å². The van der Waals surface area contributed by atoms with Crippen LogP contribution >= 0.6 is 0 Å². The van der Waals surface area contributed by atoms with E-state index in [9.17, 15) is 9.59 Å². The van der Waals surface area contributed by atoms with Crippen LogP contribution in [0.5, 0.6) is 0 Å². The normalized spacial score (nSPS) is 19.2. The molecule has 1 aromatic carbocycles. The van der Waals surface area contributed by atoms with Gasteiger partial charge in [-0.15, -0.1) is 0 Å². The van der Waals surface area contributed by atoms with Gasteiger partial charge in [-0.2, -0.15) is 0 Å². The third kappa shape index (κ3) is 3.56. The molecule has 1 saturated carbocycles. The Labute approximate surface area is 150 Å². The van der Waals surface area contributed by atoms with Crippen LogP contribution in [0.25, 0.3) is 0 Å². The topological polar surface area (TPSA) is 43.4 Å². The predicted molar refractivity (Wildman–Crippen MR) is 98.8 cm³/mol. The summed E-state index contributed by atoms with van der Waals surface area (Å²) in [5.41, 5.74) is 1.20. The van der Waals surface area contributed by atoms with Gasteiger partial charge >= 0.3 is 0 Å². The Morgan fingerprint density at radius 2 is 1.60 bits per heavy atom. The highest BCUT2D eigenvalue weighted by Gasteiger charge is 2.39. The molecule has 1 aromatic rings. The van der Waals surface area contributed by atoms with Gasteiger partial charge < -0.3 is 4.74 Å². The van der Waals surface area contributed by atoms with Crippen LogP contribution in [0.4, 0.5) is 0 Å². The Hall–Kier alpha value is -1.90. The van der Waals surface area contributed by atoms with Crippen molar-refractivity contribution in [2.24, 2.45) is 5.92 Å². The Morgan fingerprint density at radius 3 is 2.20 bits per heavy atom. The monoisotopic (exact) mass is 340 g/mol. The highest BCUT2D eigenvalue weighted by Crippen LogP contribution is 2.39. The quantitative estimate of drug-likeness (QED) is 0.711. The molecule has 2 aliphatic carbocycles. The van der Waals surface area contributed by atoms with E-state index >= 15 is 0 Å². The van der Waals surface area contributed by atoms with Crippen molar-refractivity contribution in [1.29, 1.82) is 0 Å². The van der Waals surface area contributed by atoms with Gasteiger partial charge in [0.1, 0.15) is 5.60 Å². The number of Topliss-reactive ketones (excluding diaryl/α,β-unsaturated/α-hetero) is 2. The van der Waals surface area contributed by atoms with Crippen LogP contribution in [-0.4, -0.2) is 17.2 Å². The Morgan fingerprint density at radius 1 is 1.00 bits per heavy atom.